The van der Waals surface area contributed by atoms with Crippen LogP contribution in [0.15, 0.2) is 24.3 Å². The molecule has 1 atom stereocenters. The van der Waals surface area contributed by atoms with Crippen LogP contribution in [0.3, 0.4) is 0 Å². The molecule has 0 saturated carbocycles. The molecule has 0 radical (unpaired) electrons. The van der Waals surface area contributed by atoms with Gasteiger partial charge >= 0.3 is 0 Å². The molecule has 0 aliphatic carbocycles. The van der Waals surface area contributed by atoms with Crippen LogP contribution in [-0.2, 0) is 16.1 Å². The molecule has 1 aromatic rings. The number of ether oxygens (including phenoxy) is 1. The van der Waals surface area contributed by atoms with Crippen LogP contribution in [0.1, 0.15) is 25.3 Å². The topological polar surface area (TPSA) is 55.6 Å². The Bertz CT molecular complexity index is 445. The fourth-order valence-corrected chi connectivity index (χ4v) is 2.33. The molecule has 1 saturated heterocycles. The molecule has 1 fully saturated rings. The maximum Gasteiger partial charge on any atom is 0.239 e. The number of nitrogens with zero attached hydrogens (tertiary/aromatic N) is 1. The third-order valence-corrected chi connectivity index (χ3v) is 3.54. The number of amides is 1. The van der Waals surface area contributed by atoms with Crippen LogP contribution in [0, 0.1) is 5.82 Å². The van der Waals surface area contributed by atoms with E-state index in [2.05, 4.69) is 0 Å². The Hall–Kier alpha value is -1.17. The molecule has 0 bridgehead atoms. The number of likely N-dealkylation sites (tertiary alicyclic amines) is 1. The van der Waals surface area contributed by atoms with Crippen LogP contribution in [0.4, 0.5) is 4.39 Å². The zero-order valence-corrected chi connectivity index (χ0v) is 12.9. The monoisotopic (exact) mass is 316 g/mol. The second-order valence-electron chi connectivity index (χ2n) is 5.25. The Morgan fingerprint density at radius 1 is 1.38 bits per heavy atom. The number of halogens is 2. The lowest BCUT2D eigenvalue weighted by Gasteiger charge is -2.32. The van der Waals surface area contributed by atoms with Crippen molar-refractivity contribution >= 4 is 18.3 Å². The van der Waals surface area contributed by atoms with Crippen LogP contribution in [-0.4, -0.2) is 36.0 Å². The van der Waals surface area contributed by atoms with Crippen LogP contribution in [0.25, 0.3) is 0 Å². The maximum absolute atomic E-state index is 12.8. The first-order valence-electron chi connectivity index (χ1n) is 6.96. The summed E-state index contributed by atoms with van der Waals surface area (Å²) in [5, 5.41) is 0. The van der Waals surface area contributed by atoms with E-state index < -0.39 is 6.04 Å². The Balaban J connectivity index is 0.00000220. The molecule has 1 heterocycles. The molecule has 0 spiro atoms. The third kappa shape index (κ3) is 5.26. The largest absolute Gasteiger partial charge is 0.373 e. The predicted molar refractivity (Wildman–Crippen MR) is 81.7 cm³/mol. The fraction of sp³-hybridized carbons (Fsp3) is 0.533. The van der Waals surface area contributed by atoms with E-state index in [4.69, 9.17) is 10.5 Å². The minimum absolute atomic E-state index is 0. The SMILES string of the molecule is CC(N)C(=O)N1CCC(OCc2ccc(F)cc2)CC1.Cl. The summed E-state index contributed by atoms with van der Waals surface area (Å²) in [6.07, 6.45) is 1.79. The van der Waals surface area contributed by atoms with E-state index in [1.165, 1.54) is 12.1 Å². The van der Waals surface area contributed by atoms with Gasteiger partial charge in [0.2, 0.25) is 5.91 Å². The second kappa shape index (κ2) is 8.32. The molecule has 6 heteroatoms. The Labute approximate surface area is 130 Å². The van der Waals surface area contributed by atoms with Crippen molar-refractivity contribution in [3.63, 3.8) is 0 Å². The number of carbonyl (C=O) groups is 1. The highest BCUT2D eigenvalue weighted by Gasteiger charge is 2.24. The lowest BCUT2D eigenvalue weighted by atomic mass is 10.1. The minimum atomic E-state index is -0.438. The number of rotatable bonds is 4. The first-order chi connectivity index (χ1) is 9.56. The molecule has 1 unspecified atom stereocenters. The zero-order valence-electron chi connectivity index (χ0n) is 12.1. The van der Waals surface area contributed by atoms with Gasteiger partial charge in [-0.2, -0.15) is 0 Å². The van der Waals surface area contributed by atoms with Crippen LogP contribution >= 0.6 is 12.4 Å². The van der Waals surface area contributed by atoms with Gasteiger partial charge in [-0.05, 0) is 37.5 Å². The molecule has 2 rings (SSSR count). The average molecular weight is 317 g/mol. The maximum atomic E-state index is 12.8. The highest BCUT2D eigenvalue weighted by atomic mass is 35.5. The van der Waals surface area contributed by atoms with Gasteiger partial charge in [0, 0.05) is 13.1 Å². The Morgan fingerprint density at radius 2 is 1.95 bits per heavy atom. The highest BCUT2D eigenvalue weighted by Crippen LogP contribution is 2.16. The zero-order chi connectivity index (χ0) is 14.5. The van der Waals surface area contributed by atoms with Gasteiger partial charge in [0.25, 0.3) is 0 Å². The lowest BCUT2D eigenvalue weighted by Crippen LogP contribution is -2.47. The Morgan fingerprint density at radius 3 is 2.48 bits per heavy atom. The van der Waals surface area contributed by atoms with Crippen molar-refractivity contribution in [2.45, 2.75) is 38.5 Å². The molecular formula is C15H22ClFN2O2. The number of piperidine rings is 1. The van der Waals surface area contributed by atoms with Crippen molar-refractivity contribution in [2.24, 2.45) is 5.73 Å². The van der Waals surface area contributed by atoms with Crippen molar-refractivity contribution in [2.75, 3.05) is 13.1 Å². The molecule has 118 valence electrons. The van der Waals surface area contributed by atoms with Crippen LogP contribution in [0.5, 0.6) is 0 Å². The molecular weight excluding hydrogens is 295 g/mol. The molecule has 2 N–H and O–H groups in total. The summed E-state index contributed by atoms with van der Waals surface area (Å²) >= 11 is 0. The lowest BCUT2D eigenvalue weighted by molar-refractivity contribution is -0.135. The average Bonchev–Trinajstić information content (AvgIpc) is 2.46. The minimum Gasteiger partial charge on any atom is -0.373 e. The van der Waals surface area contributed by atoms with Gasteiger partial charge in [-0.15, -0.1) is 12.4 Å². The predicted octanol–water partition coefficient (Wildman–Crippen LogP) is 2.10. The van der Waals surface area contributed by atoms with E-state index in [9.17, 15) is 9.18 Å². The van der Waals surface area contributed by atoms with Gasteiger partial charge in [-0.1, -0.05) is 12.1 Å². The molecule has 4 nitrogen and oxygen atoms in total. The van der Waals surface area contributed by atoms with Gasteiger partial charge in [0.15, 0.2) is 0 Å². The van der Waals surface area contributed by atoms with Gasteiger partial charge in [-0.3, -0.25) is 4.79 Å². The van der Waals surface area contributed by atoms with Crippen LogP contribution < -0.4 is 5.73 Å². The van der Waals surface area contributed by atoms with Crippen molar-refractivity contribution in [1.29, 1.82) is 0 Å². The number of hydrogen-bond acceptors (Lipinski definition) is 3. The number of carbonyl (C=O) groups excluding carboxylic acids is 1. The molecule has 0 aromatic heterocycles. The van der Waals surface area contributed by atoms with Crippen LogP contribution in [0.2, 0.25) is 0 Å². The van der Waals surface area contributed by atoms with Crippen molar-refractivity contribution in [1.82, 2.24) is 4.90 Å². The van der Waals surface area contributed by atoms with Gasteiger partial charge in [0.05, 0.1) is 18.8 Å². The molecule has 21 heavy (non-hydrogen) atoms. The summed E-state index contributed by atoms with van der Waals surface area (Å²) < 4.78 is 18.6. The fourth-order valence-electron chi connectivity index (χ4n) is 2.33. The van der Waals surface area contributed by atoms with Crippen molar-refractivity contribution < 1.29 is 13.9 Å². The van der Waals surface area contributed by atoms with E-state index in [1.54, 1.807) is 24.0 Å². The number of nitrogens with two attached hydrogens (primary N) is 1. The van der Waals surface area contributed by atoms with Gasteiger partial charge in [-0.25, -0.2) is 4.39 Å². The van der Waals surface area contributed by atoms with E-state index in [1.807, 2.05) is 0 Å². The molecule has 1 aliphatic rings. The number of hydrogen-bond donors (Lipinski definition) is 1. The Kier molecular flexibility index (Phi) is 7.08. The van der Waals surface area contributed by atoms with E-state index in [-0.39, 0.29) is 30.2 Å². The van der Waals surface area contributed by atoms with Gasteiger partial charge in [0.1, 0.15) is 5.82 Å². The molecule has 1 aliphatic heterocycles. The van der Waals surface area contributed by atoms with Crippen molar-refractivity contribution in [3.8, 4) is 0 Å². The first kappa shape index (κ1) is 17.9. The quantitative estimate of drug-likeness (QED) is 0.925. The summed E-state index contributed by atoms with van der Waals surface area (Å²) in [5.74, 6) is -0.238. The summed E-state index contributed by atoms with van der Waals surface area (Å²) in [4.78, 5) is 13.5. The highest BCUT2D eigenvalue weighted by molar-refractivity contribution is 5.85. The summed E-state index contributed by atoms with van der Waals surface area (Å²) in [6.45, 7) is 3.56. The normalized spacial score (nSPS) is 17.2. The molecule has 1 aromatic carbocycles. The third-order valence-electron chi connectivity index (χ3n) is 3.54. The van der Waals surface area contributed by atoms with E-state index in [0.29, 0.717) is 19.7 Å². The standard InChI is InChI=1S/C15H21FN2O2.ClH/c1-11(17)15(19)18-8-6-14(7-9-18)20-10-12-2-4-13(16)5-3-12;/h2-5,11,14H,6-10,17H2,1H3;1H. The second-order valence-corrected chi connectivity index (χ2v) is 5.25. The molecule has 1 amide bonds. The van der Waals surface area contributed by atoms with E-state index >= 15 is 0 Å². The number of benzene rings is 1. The van der Waals surface area contributed by atoms with Crippen molar-refractivity contribution in [3.05, 3.63) is 35.6 Å². The van der Waals surface area contributed by atoms with Gasteiger partial charge < -0.3 is 15.4 Å². The smallest absolute Gasteiger partial charge is 0.239 e. The summed E-state index contributed by atoms with van der Waals surface area (Å²) in [6, 6.07) is 5.88. The first-order valence-corrected chi connectivity index (χ1v) is 6.96. The summed E-state index contributed by atoms with van der Waals surface area (Å²) in [5.41, 5.74) is 6.55. The van der Waals surface area contributed by atoms with E-state index in [0.717, 1.165) is 18.4 Å². The summed E-state index contributed by atoms with van der Waals surface area (Å²) in [7, 11) is 0.